The first-order valence-corrected chi connectivity index (χ1v) is 13.1. The van der Waals surface area contributed by atoms with Crippen molar-refractivity contribution in [1.82, 2.24) is 0 Å². The minimum absolute atomic E-state index is 0.323. The molecule has 0 rings (SSSR count). The zero-order valence-electron chi connectivity index (χ0n) is 21.0. The summed E-state index contributed by atoms with van der Waals surface area (Å²) in [5.74, 6) is -4.06. The smallest absolute Gasteiger partial charge is 0.336 e. The van der Waals surface area contributed by atoms with Crippen molar-refractivity contribution in [3.8, 4) is 0 Å². The number of aliphatic hydroxyl groups is 1. The molecular formula is C26H48O7. The van der Waals surface area contributed by atoms with E-state index in [0.717, 1.165) is 38.5 Å². The molecule has 2 unspecified atom stereocenters. The standard InChI is InChI=1S/C26H48O7/c1-3-5-7-9-11-12-13-15-17-19-22(18-16-14-10-8-6-4-2)33-24(29)21-26(32,25(30)31)20-23(27)28/h22,32H,3-21H2,1-2H3,(H,27,28)(H,30,31). The maximum atomic E-state index is 12.4. The van der Waals surface area contributed by atoms with Gasteiger partial charge in [0, 0.05) is 0 Å². The van der Waals surface area contributed by atoms with Gasteiger partial charge in [0.15, 0.2) is 5.60 Å². The molecule has 0 spiro atoms. The monoisotopic (exact) mass is 472 g/mol. The third-order valence-corrected chi connectivity index (χ3v) is 6.09. The van der Waals surface area contributed by atoms with E-state index < -0.39 is 36.4 Å². The van der Waals surface area contributed by atoms with E-state index >= 15 is 0 Å². The van der Waals surface area contributed by atoms with Crippen molar-refractivity contribution >= 4 is 17.9 Å². The number of hydrogen-bond acceptors (Lipinski definition) is 5. The molecular weight excluding hydrogens is 424 g/mol. The highest BCUT2D eigenvalue weighted by atomic mass is 16.5. The Hall–Kier alpha value is -1.63. The van der Waals surface area contributed by atoms with Crippen LogP contribution in [0.1, 0.15) is 136 Å². The van der Waals surface area contributed by atoms with Crippen LogP contribution in [-0.4, -0.2) is 44.9 Å². The van der Waals surface area contributed by atoms with Crippen LogP contribution < -0.4 is 0 Å². The average Bonchev–Trinajstić information content (AvgIpc) is 2.73. The topological polar surface area (TPSA) is 121 Å². The fourth-order valence-electron chi connectivity index (χ4n) is 4.03. The van der Waals surface area contributed by atoms with Gasteiger partial charge in [-0.2, -0.15) is 0 Å². The minimum atomic E-state index is -2.65. The van der Waals surface area contributed by atoms with Gasteiger partial charge in [-0.3, -0.25) is 9.59 Å². The van der Waals surface area contributed by atoms with Gasteiger partial charge in [0.25, 0.3) is 0 Å². The van der Waals surface area contributed by atoms with Gasteiger partial charge in [-0.1, -0.05) is 97.3 Å². The summed E-state index contributed by atoms with van der Waals surface area (Å²) in [6.45, 7) is 4.38. The van der Waals surface area contributed by atoms with Crippen molar-refractivity contribution in [2.75, 3.05) is 0 Å². The summed E-state index contributed by atoms with van der Waals surface area (Å²) in [7, 11) is 0. The van der Waals surface area contributed by atoms with Crippen molar-refractivity contribution in [2.24, 2.45) is 0 Å². The maximum Gasteiger partial charge on any atom is 0.336 e. The highest BCUT2D eigenvalue weighted by molar-refractivity contribution is 5.88. The number of carbonyl (C=O) groups is 3. The van der Waals surface area contributed by atoms with Crippen molar-refractivity contribution in [2.45, 2.75) is 148 Å². The normalized spacial score (nSPS) is 13.9. The van der Waals surface area contributed by atoms with Gasteiger partial charge in [-0.15, -0.1) is 0 Å². The lowest BCUT2D eigenvalue weighted by molar-refractivity contribution is -0.173. The molecule has 0 aromatic rings. The molecule has 0 aliphatic rings. The minimum Gasteiger partial charge on any atom is -0.481 e. The van der Waals surface area contributed by atoms with Crippen molar-refractivity contribution in [1.29, 1.82) is 0 Å². The second-order valence-corrected chi connectivity index (χ2v) is 9.37. The van der Waals surface area contributed by atoms with E-state index in [1.807, 2.05) is 0 Å². The van der Waals surface area contributed by atoms with Gasteiger partial charge in [0.05, 0.1) is 12.8 Å². The first-order valence-electron chi connectivity index (χ1n) is 13.1. The molecule has 0 fully saturated rings. The second-order valence-electron chi connectivity index (χ2n) is 9.37. The molecule has 0 aliphatic carbocycles. The fraction of sp³-hybridized carbons (Fsp3) is 0.885. The van der Waals surface area contributed by atoms with Gasteiger partial charge in [-0.05, 0) is 25.7 Å². The Bertz CT molecular complexity index is 535. The number of unbranched alkanes of at least 4 members (excludes halogenated alkanes) is 13. The highest BCUT2D eigenvalue weighted by Gasteiger charge is 2.41. The van der Waals surface area contributed by atoms with Crippen molar-refractivity contribution in [3.63, 3.8) is 0 Å². The molecule has 7 nitrogen and oxygen atoms in total. The summed E-state index contributed by atoms with van der Waals surface area (Å²) in [5, 5.41) is 28.2. The zero-order chi connectivity index (χ0) is 25.0. The number of aliphatic carboxylic acids is 2. The number of carboxylic acid groups (broad SMARTS) is 2. The Morgan fingerprint density at radius 2 is 1.06 bits per heavy atom. The van der Waals surface area contributed by atoms with E-state index in [1.165, 1.54) is 57.8 Å². The van der Waals surface area contributed by atoms with Crippen LogP contribution in [0.3, 0.4) is 0 Å². The predicted octanol–water partition coefficient (Wildman–Crippen LogP) is 6.25. The van der Waals surface area contributed by atoms with E-state index in [1.54, 1.807) is 0 Å². The summed E-state index contributed by atoms with van der Waals surface area (Å²) in [4.78, 5) is 34.6. The Balaban J connectivity index is 4.54. The largest absolute Gasteiger partial charge is 0.481 e. The van der Waals surface area contributed by atoms with E-state index in [4.69, 9.17) is 9.84 Å². The molecule has 33 heavy (non-hydrogen) atoms. The van der Waals surface area contributed by atoms with Gasteiger partial charge < -0.3 is 20.1 Å². The van der Waals surface area contributed by atoms with Gasteiger partial charge in [0.1, 0.15) is 6.10 Å². The van der Waals surface area contributed by atoms with Crippen LogP contribution in [0.25, 0.3) is 0 Å². The summed E-state index contributed by atoms with van der Waals surface area (Å²) < 4.78 is 5.52. The Morgan fingerprint density at radius 1 is 0.667 bits per heavy atom. The van der Waals surface area contributed by atoms with Crippen LogP contribution >= 0.6 is 0 Å². The summed E-state index contributed by atoms with van der Waals surface area (Å²) in [6.07, 6.45) is 16.7. The molecule has 0 heterocycles. The quantitative estimate of drug-likeness (QED) is 0.119. The predicted molar refractivity (Wildman–Crippen MR) is 129 cm³/mol. The molecule has 0 aliphatic heterocycles. The van der Waals surface area contributed by atoms with E-state index in [-0.39, 0.29) is 6.10 Å². The Labute approximate surface area is 200 Å². The number of rotatable bonds is 23. The third kappa shape index (κ3) is 17.5. The molecule has 0 aromatic heterocycles. The molecule has 0 aromatic carbocycles. The highest BCUT2D eigenvalue weighted by Crippen LogP contribution is 2.21. The number of ether oxygens (including phenoxy) is 1. The molecule has 0 saturated carbocycles. The maximum absolute atomic E-state index is 12.4. The summed E-state index contributed by atoms with van der Waals surface area (Å²) in [5.41, 5.74) is -2.65. The van der Waals surface area contributed by atoms with Crippen molar-refractivity contribution < 1.29 is 34.4 Å². The van der Waals surface area contributed by atoms with Gasteiger partial charge in [-0.25, -0.2) is 4.79 Å². The Kier molecular flexibility index (Phi) is 18.8. The summed E-state index contributed by atoms with van der Waals surface area (Å²) in [6, 6.07) is 0. The molecule has 0 radical (unpaired) electrons. The zero-order valence-corrected chi connectivity index (χ0v) is 21.0. The van der Waals surface area contributed by atoms with Gasteiger partial charge >= 0.3 is 17.9 Å². The lowest BCUT2D eigenvalue weighted by Gasteiger charge is -2.23. The lowest BCUT2D eigenvalue weighted by atomic mass is 9.95. The molecule has 0 bridgehead atoms. The molecule has 0 amide bonds. The number of esters is 1. The lowest BCUT2D eigenvalue weighted by Crippen LogP contribution is -2.43. The second kappa shape index (κ2) is 19.8. The first-order chi connectivity index (χ1) is 15.7. The van der Waals surface area contributed by atoms with Gasteiger partial charge in [0.2, 0.25) is 0 Å². The molecule has 3 N–H and O–H groups in total. The Morgan fingerprint density at radius 3 is 1.42 bits per heavy atom. The van der Waals surface area contributed by atoms with Crippen LogP contribution in [0.4, 0.5) is 0 Å². The molecule has 7 heteroatoms. The molecule has 2 atom stereocenters. The van der Waals surface area contributed by atoms with E-state index in [9.17, 15) is 24.6 Å². The summed E-state index contributed by atoms with van der Waals surface area (Å²) >= 11 is 0. The van der Waals surface area contributed by atoms with Crippen molar-refractivity contribution in [3.05, 3.63) is 0 Å². The average molecular weight is 473 g/mol. The van der Waals surface area contributed by atoms with Crippen LogP contribution in [0.2, 0.25) is 0 Å². The van der Waals surface area contributed by atoms with Crippen LogP contribution in [0.15, 0.2) is 0 Å². The van der Waals surface area contributed by atoms with E-state index in [0.29, 0.717) is 12.8 Å². The van der Waals surface area contributed by atoms with E-state index in [2.05, 4.69) is 13.8 Å². The molecule has 194 valence electrons. The first kappa shape index (κ1) is 31.4. The molecule has 0 saturated heterocycles. The SMILES string of the molecule is CCCCCCCCCCCC(CCCCCCCC)OC(=O)CC(O)(CC(=O)O)C(=O)O. The number of hydrogen-bond donors (Lipinski definition) is 3. The fourth-order valence-corrected chi connectivity index (χ4v) is 4.03. The van der Waals surface area contributed by atoms with Crippen LogP contribution in [0, 0.1) is 0 Å². The number of carbonyl (C=O) groups excluding carboxylic acids is 1. The van der Waals surface area contributed by atoms with Crippen LogP contribution in [0.5, 0.6) is 0 Å². The van der Waals surface area contributed by atoms with Crippen LogP contribution in [-0.2, 0) is 19.1 Å². The third-order valence-electron chi connectivity index (χ3n) is 6.09. The number of carboxylic acids is 2.